The second kappa shape index (κ2) is 4.79. The Morgan fingerprint density at radius 1 is 1.56 bits per heavy atom. The first-order valence-corrected chi connectivity index (χ1v) is 3.90. The molecule has 0 saturated carbocycles. The summed E-state index contributed by atoms with van der Waals surface area (Å²) < 4.78 is 1.21. The summed E-state index contributed by atoms with van der Waals surface area (Å²) in [5.41, 5.74) is 1.12. The van der Waals surface area contributed by atoms with E-state index in [1.165, 1.54) is 3.58 Å². The Labute approximate surface area is 70.5 Å². The first-order chi connectivity index (χ1) is 4.18. The van der Waals surface area contributed by atoms with Crippen LogP contribution in [0.5, 0.6) is 0 Å². The molecule has 0 aliphatic rings. The highest BCUT2D eigenvalue weighted by Crippen LogP contribution is 2.14. The molecule has 0 radical (unpaired) electrons. The summed E-state index contributed by atoms with van der Waals surface area (Å²) in [6, 6.07) is 0. The molecule has 0 atom stereocenters. The van der Waals surface area contributed by atoms with Crippen molar-refractivity contribution in [1.82, 2.24) is 0 Å². The molecule has 0 unspecified atom stereocenters. The maximum Gasteiger partial charge on any atom is 0.0153 e. The van der Waals surface area contributed by atoms with Crippen molar-refractivity contribution in [3.8, 4) is 0 Å². The van der Waals surface area contributed by atoms with Crippen LogP contribution in [0.3, 0.4) is 0 Å². The lowest BCUT2D eigenvalue weighted by Crippen LogP contribution is -1.67. The van der Waals surface area contributed by atoms with Gasteiger partial charge in [0.1, 0.15) is 0 Å². The first kappa shape index (κ1) is 8.95. The predicted octanol–water partition coefficient (Wildman–Crippen LogP) is 3.46. The molecule has 0 nitrogen and oxygen atoms in total. The zero-order valence-electron chi connectivity index (χ0n) is 5.82. The molecular weight excluding hydrogens is 223 g/mol. The fraction of sp³-hybridized carbons (Fsp3) is 0.250. The van der Waals surface area contributed by atoms with E-state index in [1.807, 2.05) is 32.1 Å². The Balaban J connectivity index is 4.00. The molecule has 9 heavy (non-hydrogen) atoms. The van der Waals surface area contributed by atoms with Gasteiger partial charge >= 0.3 is 0 Å². The highest BCUT2D eigenvalue weighted by atomic mass is 127. The Kier molecular flexibility index (Phi) is 4.77. The Hall–Kier alpha value is -0.0500. The molecule has 0 heterocycles. The molecule has 1 heteroatoms. The number of hydrogen-bond acceptors (Lipinski definition) is 0. The van der Waals surface area contributed by atoms with Gasteiger partial charge in [-0.1, -0.05) is 18.7 Å². The standard InChI is InChI=1S/C8H11I/c1-4-5-6-8(9)7(2)3/h4-6H,2H2,1,3H3/b5-4-,8-6+. The lowest BCUT2D eigenvalue weighted by atomic mass is 10.3. The minimum Gasteiger partial charge on any atom is -0.0951 e. The van der Waals surface area contributed by atoms with Gasteiger partial charge in [-0.25, -0.2) is 0 Å². The molecule has 0 amide bonds. The normalized spacial score (nSPS) is 12.6. The van der Waals surface area contributed by atoms with Gasteiger partial charge in [-0.15, -0.1) is 0 Å². The van der Waals surface area contributed by atoms with E-state index in [2.05, 4.69) is 29.2 Å². The van der Waals surface area contributed by atoms with Crippen LogP contribution in [0.2, 0.25) is 0 Å². The quantitative estimate of drug-likeness (QED) is 0.507. The topological polar surface area (TPSA) is 0 Å². The van der Waals surface area contributed by atoms with Gasteiger partial charge in [0.2, 0.25) is 0 Å². The van der Waals surface area contributed by atoms with Gasteiger partial charge in [-0.3, -0.25) is 0 Å². The van der Waals surface area contributed by atoms with Gasteiger partial charge in [0.25, 0.3) is 0 Å². The van der Waals surface area contributed by atoms with Crippen molar-refractivity contribution in [3.63, 3.8) is 0 Å². The summed E-state index contributed by atoms with van der Waals surface area (Å²) in [6.07, 6.45) is 6.06. The van der Waals surface area contributed by atoms with E-state index in [4.69, 9.17) is 0 Å². The summed E-state index contributed by atoms with van der Waals surface area (Å²) >= 11 is 2.27. The second-order valence-corrected chi connectivity index (χ2v) is 2.98. The minimum atomic E-state index is 1.12. The van der Waals surface area contributed by atoms with Crippen LogP contribution in [0, 0.1) is 0 Å². The van der Waals surface area contributed by atoms with Gasteiger partial charge in [0.15, 0.2) is 0 Å². The van der Waals surface area contributed by atoms with Gasteiger partial charge in [-0.05, 0) is 48.1 Å². The maximum absolute atomic E-state index is 3.80. The molecule has 0 rings (SSSR count). The third-order valence-electron chi connectivity index (χ3n) is 0.843. The van der Waals surface area contributed by atoms with Crippen molar-refractivity contribution in [2.24, 2.45) is 0 Å². The van der Waals surface area contributed by atoms with Crippen LogP contribution in [0.4, 0.5) is 0 Å². The monoisotopic (exact) mass is 234 g/mol. The first-order valence-electron chi connectivity index (χ1n) is 2.83. The summed E-state index contributed by atoms with van der Waals surface area (Å²) in [5, 5.41) is 0. The number of allylic oxidation sites excluding steroid dienone is 5. The third-order valence-corrected chi connectivity index (χ3v) is 2.12. The minimum absolute atomic E-state index is 1.12. The van der Waals surface area contributed by atoms with E-state index in [-0.39, 0.29) is 0 Å². The largest absolute Gasteiger partial charge is 0.0951 e. The number of rotatable bonds is 2. The van der Waals surface area contributed by atoms with E-state index in [0.717, 1.165) is 5.57 Å². The zero-order chi connectivity index (χ0) is 7.28. The van der Waals surface area contributed by atoms with Crippen molar-refractivity contribution in [2.75, 3.05) is 0 Å². The van der Waals surface area contributed by atoms with Gasteiger partial charge < -0.3 is 0 Å². The summed E-state index contributed by atoms with van der Waals surface area (Å²) in [6.45, 7) is 7.80. The van der Waals surface area contributed by atoms with Crippen molar-refractivity contribution < 1.29 is 0 Å². The molecule has 0 aromatic heterocycles. The number of halogens is 1. The summed E-state index contributed by atoms with van der Waals surface area (Å²) in [5.74, 6) is 0. The number of hydrogen-bond donors (Lipinski definition) is 0. The average Bonchev–Trinajstić information content (AvgIpc) is 1.82. The molecule has 0 N–H and O–H groups in total. The van der Waals surface area contributed by atoms with Gasteiger partial charge in [-0.2, -0.15) is 0 Å². The maximum atomic E-state index is 3.80. The Morgan fingerprint density at radius 3 is 2.44 bits per heavy atom. The Bertz CT molecular complexity index is 152. The molecule has 0 aliphatic heterocycles. The highest BCUT2D eigenvalue weighted by molar-refractivity contribution is 14.1. The molecule has 0 saturated heterocycles. The van der Waals surface area contributed by atoms with Crippen LogP contribution in [-0.4, -0.2) is 0 Å². The van der Waals surface area contributed by atoms with Crippen LogP contribution in [0.1, 0.15) is 13.8 Å². The zero-order valence-corrected chi connectivity index (χ0v) is 7.97. The smallest absolute Gasteiger partial charge is 0.0153 e. The molecule has 50 valence electrons. The average molecular weight is 234 g/mol. The van der Waals surface area contributed by atoms with E-state index in [1.54, 1.807) is 0 Å². The van der Waals surface area contributed by atoms with Crippen molar-refractivity contribution in [2.45, 2.75) is 13.8 Å². The molecule has 0 aliphatic carbocycles. The van der Waals surface area contributed by atoms with Crippen LogP contribution >= 0.6 is 22.6 Å². The fourth-order valence-electron chi connectivity index (χ4n) is 0.323. The fourth-order valence-corrected chi connectivity index (χ4v) is 0.531. The van der Waals surface area contributed by atoms with E-state index in [0.29, 0.717) is 0 Å². The van der Waals surface area contributed by atoms with Crippen LogP contribution < -0.4 is 0 Å². The van der Waals surface area contributed by atoms with Crippen molar-refractivity contribution in [3.05, 3.63) is 34.0 Å². The molecule has 0 spiro atoms. The van der Waals surface area contributed by atoms with E-state index in [9.17, 15) is 0 Å². The van der Waals surface area contributed by atoms with E-state index < -0.39 is 0 Å². The van der Waals surface area contributed by atoms with Crippen molar-refractivity contribution in [1.29, 1.82) is 0 Å². The van der Waals surface area contributed by atoms with Crippen LogP contribution in [0.15, 0.2) is 34.0 Å². The third kappa shape index (κ3) is 4.45. The second-order valence-electron chi connectivity index (χ2n) is 1.82. The summed E-state index contributed by atoms with van der Waals surface area (Å²) in [4.78, 5) is 0. The molecule has 0 fully saturated rings. The lowest BCUT2D eigenvalue weighted by Gasteiger charge is -1.90. The SMILES string of the molecule is C=C(C)/C(I)=C\C=C/C. The van der Waals surface area contributed by atoms with Crippen molar-refractivity contribution >= 4 is 22.6 Å². The summed E-state index contributed by atoms with van der Waals surface area (Å²) in [7, 11) is 0. The van der Waals surface area contributed by atoms with E-state index >= 15 is 0 Å². The van der Waals surface area contributed by atoms with Gasteiger partial charge in [0.05, 0.1) is 0 Å². The molecular formula is C8H11I. The molecule has 0 aromatic carbocycles. The van der Waals surface area contributed by atoms with Crippen LogP contribution in [-0.2, 0) is 0 Å². The molecule has 0 aromatic rings. The highest BCUT2D eigenvalue weighted by Gasteiger charge is 1.85. The predicted molar refractivity (Wildman–Crippen MR) is 51.7 cm³/mol. The molecule has 0 bridgehead atoms. The Morgan fingerprint density at radius 2 is 2.11 bits per heavy atom. The lowest BCUT2D eigenvalue weighted by molar-refractivity contribution is 1.55. The van der Waals surface area contributed by atoms with Crippen LogP contribution in [0.25, 0.3) is 0 Å². The van der Waals surface area contributed by atoms with Gasteiger partial charge in [0, 0.05) is 3.58 Å².